The van der Waals surface area contributed by atoms with E-state index >= 15 is 0 Å². The van der Waals surface area contributed by atoms with Crippen LogP contribution in [0.2, 0.25) is 5.02 Å². The quantitative estimate of drug-likeness (QED) is 0.370. The number of hydrogen-bond donors (Lipinski definition) is 2. The molecule has 7 heteroatoms. The van der Waals surface area contributed by atoms with Gasteiger partial charge in [0.05, 0.1) is 16.3 Å². The number of amidine groups is 1. The minimum atomic E-state index is -0.0664. The van der Waals surface area contributed by atoms with E-state index in [1.807, 2.05) is 13.0 Å². The number of rotatable bonds is 3. The predicted octanol–water partition coefficient (Wildman–Crippen LogP) is 4.00. The highest BCUT2D eigenvalue weighted by atomic mass is 79.9. The largest absolute Gasteiger partial charge is 0.455 e. The molecule has 0 atom stereocenters. The van der Waals surface area contributed by atoms with Gasteiger partial charge in [0.2, 0.25) is 0 Å². The third-order valence-electron chi connectivity index (χ3n) is 2.77. The van der Waals surface area contributed by atoms with Crippen molar-refractivity contribution in [2.75, 3.05) is 0 Å². The number of benzene rings is 1. The Hall–Kier alpha value is -1.79. The third-order valence-corrected chi connectivity index (χ3v) is 3.56. The van der Waals surface area contributed by atoms with Crippen LogP contribution in [-0.2, 0) is 0 Å². The zero-order chi connectivity index (χ0) is 15.6. The van der Waals surface area contributed by atoms with Gasteiger partial charge in [0.25, 0.3) is 0 Å². The summed E-state index contributed by atoms with van der Waals surface area (Å²) in [7, 11) is 0. The van der Waals surface area contributed by atoms with Gasteiger partial charge in [-0.15, -0.1) is 0 Å². The zero-order valence-corrected chi connectivity index (χ0v) is 13.7. The van der Waals surface area contributed by atoms with Gasteiger partial charge in [0.15, 0.2) is 5.84 Å². The Kier molecular flexibility index (Phi) is 4.69. The molecule has 0 saturated heterocycles. The molecule has 0 saturated carbocycles. The van der Waals surface area contributed by atoms with Crippen LogP contribution in [0.4, 0.5) is 0 Å². The number of nitrogens with two attached hydrogens (primary N) is 1. The molecule has 1 heterocycles. The van der Waals surface area contributed by atoms with Crippen LogP contribution in [0, 0.1) is 13.8 Å². The third kappa shape index (κ3) is 3.46. The van der Waals surface area contributed by atoms with E-state index in [9.17, 15) is 0 Å². The number of nitrogens with zero attached hydrogens (tertiary/aromatic N) is 2. The van der Waals surface area contributed by atoms with Crippen molar-refractivity contribution in [3.63, 3.8) is 0 Å². The van der Waals surface area contributed by atoms with E-state index in [0.29, 0.717) is 27.8 Å². The predicted molar refractivity (Wildman–Crippen MR) is 85.4 cm³/mol. The van der Waals surface area contributed by atoms with E-state index in [1.54, 1.807) is 25.1 Å². The Morgan fingerprint density at radius 2 is 2.05 bits per heavy atom. The number of pyridine rings is 1. The van der Waals surface area contributed by atoms with Gasteiger partial charge in [-0.3, -0.25) is 4.98 Å². The van der Waals surface area contributed by atoms with Crippen LogP contribution < -0.4 is 10.5 Å². The number of aromatic nitrogens is 1. The minimum Gasteiger partial charge on any atom is -0.455 e. The summed E-state index contributed by atoms with van der Waals surface area (Å²) >= 11 is 9.47. The fourth-order valence-electron chi connectivity index (χ4n) is 1.91. The Morgan fingerprint density at radius 3 is 2.67 bits per heavy atom. The summed E-state index contributed by atoms with van der Waals surface area (Å²) in [6, 6.07) is 6.97. The lowest BCUT2D eigenvalue weighted by Gasteiger charge is -2.14. The summed E-state index contributed by atoms with van der Waals surface area (Å²) in [5, 5.41) is 12.4. The monoisotopic (exact) mass is 369 g/mol. The number of hydrogen-bond acceptors (Lipinski definition) is 4. The Labute approximate surface area is 135 Å². The Bertz CT molecular complexity index is 720. The lowest BCUT2D eigenvalue weighted by molar-refractivity contribution is 0.318. The minimum absolute atomic E-state index is 0.0664. The molecule has 5 nitrogen and oxygen atoms in total. The van der Waals surface area contributed by atoms with Gasteiger partial charge < -0.3 is 15.7 Å². The van der Waals surface area contributed by atoms with Crippen molar-refractivity contribution >= 4 is 33.4 Å². The molecule has 0 fully saturated rings. The Balaban J connectivity index is 2.53. The van der Waals surface area contributed by atoms with Gasteiger partial charge in [-0.25, -0.2) is 0 Å². The molecule has 2 rings (SSSR count). The molecule has 0 aliphatic rings. The summed E-state index contributed by atoms with van der Waals surface area (Å²) in [5.74, 6) is 0.833. The molecule has 0 spiro atoms. The zero-order valence-electron chi connectivity index (χ0n) is 11.4. The highest BCUT2D eigenvalue weighted by Gasteiger charge is 2.16. The van der Waals surface area contributed by atoms with Gasteiger partial charge >= 0.3 is 0 Å². The molecule has 0 unspecified atom stereocenters. The lowest BCUT2D eigenvalue weighted by Crippen LogP contribution is -2.17. The van der Waals surface area contributed by atoms with Crippen molar-refractivity contribution < 1.29 is 9.94 Å². The van der Waals surface area contributed by atoms with E-state index in [0.717, 1.165) is 10.2 Å². The molecule has 110 valence electrons. The maximum Gasteiger partial charge on any atom is 0.175 e. The van der Waals surface area contributed by atoms with Gasteiger partial charge in [-0.05, 0) is 32.0 Å². The second-order valence-electron chi connectivity index (χ2n) is 4.38. The molecule has 0 radical (unpaired) electrons. The maximum absolute atomic E-state index is 8.91. The van der Waals surface area contributed by atoms with Gasteiger partial charge in [-0.2, -0.15) is 0 Å². The van der Waals surface area contributed by atoms with E-state index in [4.69, 9.17) is 27.3 Å². The van der Waals surface area contributed by atoms with Crippen molar-refractivity contribution in [3.05, 3.63) is 50.7 Å². The first-order valence-corrected chi connectivity index (χ1v) is 7.18. The second-order valence-corrected chi connectivity index (χ2v) is 5.71. The van der Waals surface area contributed by atoms with Crippen molar-refractivity contribution in [1.29, 1.82) is 0 Å². The summed E-state index contributed by atoms with van der Waals surface area (Å²) in [5.41, 5.74) is 7.49. The molecule has 2 aromatic rings. The van der Waals surface area contributed by atoms with Crippen LogP contribution in [0.3, 0.4) is 0 Å². The normalized spacial score (nSPS) is 11.5. The van der Waals surface area contributed by atoms with E-state index in [-0.39, 0.29) is 5.84 Å². The average molecular weight is 371 g/mol. The first kappa shape index (κ1) is 15.6. The fourth-order valence-corrected chi connectivity index (χ4v) is 2.62. The molecule has 1 aromatic heterocycles. The number of ether oxygens (including phenoxy) is 1. The topological polar surface area (TPSA) is 80.7 Å². The molecule has 0 amide bonds. The van der Waals surface area contributed by atoms with Crippen LogP contribution in [0.1, 0.15) is 17.0 Å². The first-order valence-electron chi connectivity index (χ1n) is 6.01. The van der Waals surface area contributed by atoms with Gasteiger partial charge in [-0.1, -0.05) is 32.7 Å². The molecular weight excluding hydrogens is 358 g/mol. The highest BCUT2D eigenvalue weighted by molar-refractivity contribution is 9.10. The van der Waals surface area contributed by atoms with Crippen molar-refractivity contribution in [2.45, 2.75) is 13.8 Å². The Morgan fingerprint density at radius 1 is 1.33 bits per heavy atom. The lowest BCUT2D eigenvalue weighted by atomic mass is 10.1. The molecule has 1 aromatic carbocycles. The van der Waals surface area contributed by atoms with Gasteiger partial charge in [0.1, 0.15) is 11.5 Å². The van der Waals surface area contributed by atoms with Crippen LogP contribution in [0.15, 0.2) is 33.9 Å². The number of oxime groups is 1. The highest BCUT2D eigenvalue weighted by Crippen LogP contribution is 2.34. The maximum atomic E-state index is 8.91. The van der Waals surface area contributed by atoms with Crippen LogP contribution in [0.5, 0.6) is 11.5 Å². The molecule has 0 aliphatic heterocycles. The van der Waals surface area contributed by atoms with Crippen LogP contribution in [0.25, 0.3) is 0 Å². The number of halogens is 2. The fraction of sp³-hybridized carbons (Fsp3) is 0.143. The van der Waals surface area contributed by atoms with Crippen LogP contribution >= 0.6 is 27.5 Å². The van der Waals surface area contributed by atoms with Gasteiger partial charge in [0, 0.05) is 16.2 Å². The number of aryl methyl sites for hydroxylation is 2. The van der Waals surface area contributed by atoms with Crippen LogP contribution in [-0.4, -0.2) is 16.0 Å². The molecule has 3 N–H and O–H groups in total. The molecule has 0 bridgehead atoms. The smallest absolute Gasteiger partial charge is 0.175 e. The second kappa shape index (κ2) is 6.32. The van der Waals surface area contributed by atoms with Crippen molar-refractivity contribution in [3.8, 4) is 11.5 Å². The summed E-state index contributed by atoms with van der Waals surface area (Å²) in [4.78, 5) is 4.29. The van der Waals surface area contributed by atoms with Crippen molar-refractivity contribution in [2.24, 2.45) is 10.9 Å². The molecule has 21 heavy (non-hydrogen) atoms. The summed E-state index contributed by atoms with van der Waals surface area (Å²) in [6.45, 7) is 3.59. The van der Waals surface area contributed by atoms with Crippen molar-refractivity contribution in [1.82, 2.24) is 4.98 Å². The van der Waals surface area contributed by atoms with E-state index in [2.05, 4.69) is 26.1 Å². The van der Waals surface area contributed by atoms with E-state index < -0.39 is 0 Å². The SMILES string of the molecule is Cc1cc(Oc2ccc(Br)cc2Cl)c(/C(N)=N/O)c(C)n1. The first-order chi connectivity index (χ1) is 9.92. The average Bonchev–Trinajstić information content (AvgIpc) is 2.40. The molecule has 0 aliphatic carbocycles. The summed E-state index contributed by atoms with van der Waals surface area (Å²) in [6.07, 6.45) is 0. The molecular formula is C14H13BrClN3O2. The standard InChI is InChI=1S/C14H13BrClN3O2/c1-7-5-12(13(8(2)18-7)14(17)19-20)21-11-4-3-9(15)6-10(11)16/h3-6,20H,1-2H3,(H2,17,19). The van der Waals surface area contributed by atoms with E-state index in [1.165, 1.54) is 0 Å². The summed E-state index contributed by atoms with van der Waals surface area (Å²) < 4.78 is 6.66.